The average molecular weight is 398 g/mol. The molecule has 0 unspecified atom stereocenters. The molecule has 148 valence electrons. The van der Waals surface area contributed by atoms with Gasteiger partial charge in [-0.05, 0) is 53.9 Å². The summed E-state index contributed by atoms with van der Waals surface area (Å²) in [6, 6.07) is 24.4. The van der Waals surface area contributed by atoms with Crippen molar-refractivity contribution in [3.8, 4) is 5.75 Å². The molecule has 1 heterocycles. The van der Waals surface area contributed by atoms with Crippen LogP contribution in [0.15, 0.2) is 89.7 Å². The number of ether oxygens (including phenoxy) is 1. The second-order valence-corrected chi connectivity index (χ2v) is 6.71. The number of para-hydroxylation sites is 1. The van der Waals surface area contributed by atoms with E-state index in [2.05, 4.69) is 10.3 Å². The number of carbonyl (C=O) groups is 2. The lowest BCUT2D eigenvalue weighted by molar-refractivity contribution is -0.133. The lowest BCUT2D eigenvalue weighted by Crippen LogP contribution is -2.19. The number of pyridine rings is 1. The number of esters is 1. The van der Waals surface area contributed by atoms with Gasteiger partial charge in [-0.1, -0.05) is 36.4 Å². The SMILES string of the molecule is O=C(Cc1cc2ccccc2[nH]c1=O)Oc1ccc(NC(=O)c2ccccc2)cc1. The topological polar surface area (TPSA) is 88.3 Å². The maximum absolute atomic E-state index is 12.3. The number of benzene rings is 3. The van der Waals surface area contributed by atoms with Crippen LogP contribution in [0.1, 0.15) is 15.9 Å². The molecule has 0 saturated carbocycles. The zero-order valence-corrected chi connectivity index (χ0v) is 15.9. The van der Waals surface area contributed by atoms with Gasteiger partial charge in [0, 0.05) is 22.3 Å². The summed E-state index contributed by atoms with van der Waals surface area (Å²) in [7, 11) is 0. The maximum atomic E-state index is 12.3. The third kappa shape index (κ3) is 4.44. The quantitative estimate of drug-likeness (QED) is 0.394. The number of hydrogen-bond donors (Lipinski definition) is 2. The van der Waals surface area contributed by atoms with Crippen molar-refractivity contribution in [3.05, 3.63) is 106 Å². The molecule has 0 aliphatic rings. The molecular formula is C24H18N2O4. The monoisotopic (exact) mass is 398 g/mol. The van der Waals surface area contributed by atoms with E-state index in [-0.39, 0.29) is 17.9 Å². The molecule has 2 N–H and O–H groups in total. The summed E-state index contributed by atoms with van der Waals surface area (Å²) in [6.45, 7) is 0. The van der Waals surface area contributed by atoms with Gasteiger partial charge < -0.3 is 15.0 Å². The number of carbonyl (C=O) groups excluding carboxylic acids is 2. The molecule has 0 radical (unpaired) electrons. The van der Waals surface area contributed by atoms with Gasteiger partial charge in [0.25, 0.3) is 11.5 Å². The van der Waals surface area contributed by atoms with Crippen molar-refractivity contribution < 1.29 is 14.3 Å². The van der Waals surface area contributed by atoms with Gasteiger partial charge in [0.1, 0.15) is 5.75 Å². The average Bonchev–Trinajstić information content (AvgIpc) is 2.76. The van der Waals surface area contributed by atoms with E-state index in [1.54, 1.807) is 60.7 Å². The number of hydrogen-bond acceptors (Lipinski definition) is 4. The van der Waals surface area contributed by atoms with E-state index in [0.717, 1.165) is 5.39 Å². The van der Waals surface area contributed by atoms with E-state index >= 15 is 0 Å². The lowest BCUT2D eigenvalue weighted by atomic mass is 10.1. The van der Waals surface area contributed by atoms with Crippen molar-refractivity contribution in [2.75, 3.05) is 5.32 Å². The molecule has 0 aliphatic heterocycles. The first-order valence-electron chi connectivity index (χ1n) is 9.36. The van der Waals surface area contributed by atoms with E-state index < -0.39 is 5.97 Å². The smallest absolute Gasteiger partial charge is 0.315 e. The van der Waals surface area contributed by atoms with E-state index in [0.29, 0.717) is 28.1 Å². The van der Waals surface area contributed by atoms with Gasteiger partial charge in [-0.25, -0.2) is 0 Å². The highest BCUT2D eigenvalue weighted by Gasteiger charge is 2.11. The Morgan fingerprint density at radius 3 is 2.33 bits per heavy atom. The Hall–Kier alpha value is -4.19. The van der Waals surface area contributed by atoms with Gasteiger partial charge in [0.05, 0.1) is 6.42 Å². The minimum absolute atomic E-state index is 0.146. The number of aromatic nitrogens is 1. The Balaban J connectivity index is 1.40. The van der Waals surface area contributed by atoms with Crippen LogP contribution >= 0.6 is 0 Å². The molecule has 4 rings (SSSR count). The normalized spacial score (nSPS) is 10.5. The Labute approximate surface area is 172 Å². The van der Waals surface area contributed by atoms with Crippen LogP contribution in [-0.2, 0) is 11.2 Å². The van der Waals surface area contributed by atoms with Crippen LogP contribution in [0.25, 0.3) is 10.9 Å². The predicted octanol–water partition coefficient (Wildman–Crippen LogP) is 3.93. The molecule has 1 aromatic heterocycles. The lowest BCUT2D eigenvalue weighted by Gasteiger charge is -2.08. The molecule has 0 fully saturated rings. The van der Waals surface area contributed by atoms with E-state index in [4.69, 9.17) is 4.74 Å². The first kappa shape index (κ1) is 19.1. The Bertz CT molecular complexity index is 1260. The largest absolute Gasteiger partial charge is 0.426 e. The summed E-state index contributed by atoms with van der Waals surface area (Å²) in [5.41, 5.74) is 1.87. The van der Waals surface area contributed by atoms with Crippen LogP contribution in [0.5, 0.6) is 5.75 Å². The molecule has 3 aromatic carbocycles. The molecule has 1 amide bonds. The van der Waals surface area contributed by atoms with Crippen molar-refractivity contribution in [1.29, 1.82) is 0 Å². The standard InChI is InChI=1S/C24H18N2O4/c27-22(15-18-14-17-8-4-5-9-21(17)26-24(18)29)30-20-12-10-19(11-13-20)25-23(28)16-6-2-1-3-7-16/h1-14H,15H2,(H,25,28)(H,26,29). The molecule has 0 spiro atoms. The first-order valence-corrected chi connectivity index (χ1v) is 9.36. The molecular weight excluding hydrogens is 380 g/mol. The van der Waals surface area contributed by atoms with Crippen molar-refractivity contribution >= 4 is 28.5 Å². The number of anilines is 1. The van der Waals surface area contributed by atoms with Crippen LogP contribution in [0.3, 0.4) is 0 Å². The van der Waals surface area contributed by atoms with Crippen LogP contribution in [0.2, 0.25) is 0 Å². The van der Waals surface area contributed by atoms with Gasteiger partial charge in [0.15, 0.2) is 0 Å². The minimum atomic E-state index is -0.545. The summed E-state index contributed by atoms with van der Waals surface area (Å²) >= 11 is 0. The summed E-state index contributed by atoms with van der Waals surface area (Å²) in [5, 5.41) is 3.62. The van der Waals surface area contributed by atoms with Gasteiger partial charge >= 0.3 is 5.97 Å². The number of rotatable bonds is 5. The van der Waals surface area contributed by atoms with Crippen molar-refractivity contribution in [2.24, 2.45) is 0 Å². The van der Waals surface area contributed by atoms with Crippen molar-refractivity contribution in [1.82, 2.24) is 4.98 Å². The fourth-order valence-electron chi connectivity index (χ4n) is 3.05. The van der Waals surface area contributed by atoms with Gasteiger partial charge in [0.2, 0.25) is 0 Å². The van der Waals surface area contributed by atoms with E-state index in [9.17, 15) is 14.4 Å². The highest BCUT2D eigenvalue weighted by molar-refractivity contribution is 6.04. The maximum Gasteiger partial charge on any atom is 0.315 e. The molecule has 0 saturated heterocycles. The Morgan fingerprint density at radius 2 is 1.57 bits per heavy atom. The summed E-state index contributed by atoms with van der Waals surface area (Å²) in [5.74, 6) is -0.442. The predicted molar refractivity (Wildman–Crippen MR) is 115 cm³/mol. The van der Waals surface area contributed by atoms with Crippen molar-refractivity contribution in [3.63, 3.8) is 0 Å². The van der Waals surface area contributed by atoms with Gasteiger partial charge in [-0.2, -0.15) is 0 Å². The molecule has 0 atom stereocenters. The zero-order valence-electron chi connectivity index (χ0n) is 15.9. The van der Waals surface area contributed by atoms with Crippen LogP contribution < -0.4 is 15.6 Å². The van der Waals surface area contributed by atoms with E-state index in [1.807, 2.05) is 24.3 Å². The zero-order chi connectivity index (χ0) is 20.9. The second-order valence-electron chi connectivity index (χ2n) is 6.71. The Morgan fingerprint density at radius 1 is 0.867 bits per heavy atom. The number of fused-ring (bicyclic) bond motifs is 1. The number of nitrogens with one attached hydrogen (secondary N) is 2. The van der Waals surface area contributed by atoms with Crippen molar-refractivity contribution in [2.45, 2.75) is 6.42 Å². The third-order valence-electron chi connectivity index (χ3n) is 4.55. The fraction of sp³-hybridized carbons (Fsp3) is 0.0417. The molecule has 0 aliphatic carbocycles. The van der Waals surface area contributed by atoms with Crippen LogP contribution in [0.4, 0.5) is 5.69 Å². The number of amides is 1. The molecule has 30 heavy (non-hydrogen) atoms. The highest BCUT2D eigenvalue weighted by atomic mass is 16.5. The first-order chi connectivity index (χ1) is 14.6. The number of H-pyrrole nitrogens is 1. The highest BCUT2D eigenvalue weighted by Crippen LogP contribution is 2.17. The minimum Gasteiger partial charge on any atom is -0.426 e. The number of aromatic amines is 1. The summed E-state index contributed by atoms with van der Waals surface area (Å²) < 4.78 is 5.33. The summed E-state index contributed by atoms with van der Waals surface area (Å²) in [6.07, 6.45) is -0.146. The van der Waals surface area contributed by atoms with Gasteiger partial charge in [-0.3, -0.25) is 14.4 Å². The summed E-state index contributed by atoms with van der Waals surface area (Å²) in [4.78, 5) is 39.4. The van der Waals surface area contributed by atoms with E-state index in [1.165, 1.54) is 0 Å². The molecule has 4 aromatic rings. The molecule has 0 bridgehead atoms. The second kappa shape index (κ2) is 8.45. The fourth-order valence-corrected chi connectivity index (χ4v) is 3.05. The molecule has 6 nitrogen and oxygen atoms in total. The third-order valence-corrected chi connectivity index (χ3v) is 4.55. The van der Waals surface area contributed by atoms with Crippen LogP contribution in [-0.4, -0.2) is 16.9 Å². The molecule has 6 heteroatoms. The van der Waals surface area contributed by atoms with Crippen LogP contribution in [0, 0.1) is 0 Å². The van der Waals surface area contributed by atoms with Gasteiger partial charge in [-0.15, -0.1) is 0 Å². The Kier molecular flexibility index (Phi) is 5.39.